The van der Waals surface area contributed by atoms with Crippen molar-refractivity contribution in [3.8, 4) is 0 Å². The minimum absolute atomic E-state index is 0. The molecule has 0 aromatic heterocycles. The van der Waals surface area contributed by atoms with Gasteiger partial charge in [0.05, 0.1) is 19.1 Å². The quantitative estimate of drug-likeness (QED) is 0.818. The van der Waals surface area contributed by atoms with E-state index in [0.29, 0.717) is 36.8 Å². The van der Waals surface area contributed by atoms with E-state index in [-0.39, 0.29) is 24.4 Å². The third-order valence-corrected chi connectivity index (χ3v) is 4.79. The molecule has 1 saturated carbocycles. The van der Waals surface area contributed by atoms with Crippen LogP contribution >= 0.6 is 12.4 Å². The maximum atomic E-state index is 12.2. The molecular formula is C16H31ClN2O2. The molecule has 5 heteroatoms. The minimum atomic E-state index is 0. The van der Waals surface area contributed by atoms with E-state index in [1.807, 2.05) is 4.90 Å². The first kappa shape index (κ1) is 18.7. The molecule has 2 aliphatic rings. The second kappa shape index (κ2) is 8.35. The van der Waals surface area contributed by atoms with Crippen LogP contribution in [0.2, 0.25) is 0 Å². The molecule has 21 heavy (non-hydrogen) atoms. The normalized spacial score (nSPS) is 29.4. The second-order valence-electron chi connectivity index (χ2n) is 7.02. The SMILES string of the molecule is CC(C)CC(C)OCCC(=O)N1CC2CCC(N)C2C1.Cl. The van der Waals surface area contributed by atoms with Gasteiger partial charge in [0.25, 0.3) is 0 Å². The molecule has 2 rings (SSSR count). The number of carbonyl (C=O) groups excluding carboxylic acids is 1. The van der Waals surface area contributed by atoms with Gasteiger partial charge < -0.3 is 15.4 Å². The highest BCUT2D eigenvalue weighted by atomic mass is 35.5. The first-order valence-electron chi connectivity index (χ1n) is 8.12. The van der Waals surface area contributed by atoms with Crippen LogP contribution in [0.25, 0.3) is 0 Å². The summed E-state index contributed by atoms with van der Waals surface area (Å²) >= 11 is 0. The van der Waals surface area contributed by atoms with Crippen molar-refractivity contribution >= 4 is 18.3 Å². The molecule has 2 fully saturated rings. The zero-order chi connectivity index (χ0) is 14.7. The average Bonchev–Trinajstić information content (AvgIpc) is 2.91. The van der Waals surface area contributed by atoms with Crippen LogP contribution in [0.5, 0.6) is 0 Å². The van der Waals surface area contributed by atoms with E-state index in [1.54, 1.807) is 0 Å². The number of fused-ring (bicyclic) bond motifs is 1. The molecule has 124 valence electrons. The predicted molar refractivity (Wildman–Crippen MR) is 87.5 cm³/mol. The fourth-order valence-electron chi connectivity index (χ4n) is 3.75. The van der Waals surface area contributed by atoms with E-state index in [4.69, 9.17) is 10.5 Å². The molecule has 1 amide bonds. The van der Waals surface area contributed by atoms with Gasteiger partial charge in [0.15, 0.2) is 0 Å². The number of hydrogen-bond donors (Lipinski definition) is 1. The molecule has 4 unspecified atom stereocenters. The predicted octanol–water partition coefficient (Wildman–Crippen LogP) is 2.45. The number of rotatable bonds is 6. The summed E-state index contributed by atoms with van der Waals surface area (Å²) in [5.74, 6) is 2.07. The standard InChI is InChI=1S/C16H30N2O2.ClH/c1-11(2)8-12(3)20-7-6-16(19)18-9-13-4-5-15(17)14(13)10-18;/h11-15H,4-10,17H2,1-3H3;1H. The zero-order valence-electron chi connectivity index (χ0n) is 13.6. The molecular weight excluding hydrogens is 288 g/mol. The lowest BCUT2D eigenvalue weighted by Crippen LogP contribution is -2.34. The summed E-state index contributed by atoms with van der Waals surface area (Å²) in [5, 5.41) is 0. The van der Waals surface area contributed by atoms with Gasteiger partial charge in [0.2, 0.25) is 5.91 Å². The van der Waals surface area contributed by atoms with Gasteiger partial charge in [-0.3, -0.25) is 4.79 Å². The smallest absolute Gasteiger partial charge is 0.224 e. The van der Waals surface area contributed by atoms with Crippen LogP contribution in [0.3, 0.4) is 0 Å². The van der Waals surface area contributed by atoms with Crippen molar-refractivity contribution in [2.24, 2.45) is 23.5 Å². The Kier molecular flexibility index (Phi) is 7.45. The Labute approximate surface area is 135 Å². The third-order valence-electron chi connectivity index (χ3n) is 4.79. The molecule has 0 aromatic rings. The highest BCUT2D eigenvalue weighted by Gasteiger charge is 2.42. The third kappa shape index (κ3) is 5.11. The van der Waals surface area contributed by atoms with E-state index in [1.165, 1.54) is 6.42 Å². The monoisotopic (exact) mass is 318 g/mol. The topological polar surface area (TPSA) is 55.6 Å². The summed E-state index contributed by atoms with van der Waals surface area (Å²) in [7, 11) is 0. The van der Waals surface area contributed by atoms with Crippen LogP contribution in [0.15, 0.2) is 0 Å². The van der Waals surface area contributed by atoms with Gasteiger partial charge in [-0.15, -0.1) is 12.4 Å². The highest BCUT2D eigenvalue weighted by molar-refractivity contribution is 5.85. The Morgan fingerprint density at radius 1 is 1.29 bits per heavy atom. The Morgan fingerprint density at radius 2 is 2.00 bits per heavy atom. The fraction of sp³-hybridized carbons (Fsp3) is 0.938. The number of carbonyl (C=O) groups is 1. The van der Waals surface area contributed by atoms with Gasteiger partial charge in [0, 0.05) is 19.1 Å². The van der Waals surface area contributed by atoms with Crippen molar-refractivity contribution in [3.63, 3.8) is 0 Å². The number of nitrogens with two attached hydrogens (primary N) is 1. The van der Waals surface area contributed by atoms with Crippen LogP contribution in [-0.4, -0.2) is 42.6 Å². The number of halogens is 1. The molecule has 0 bridgehead atoms. The molecule has 2 N–H and O–H groups in total. The van der Waals surface area contributed by atoms with E-state index in [0.717, 1.165) is 25.9 Å². The minimum Gasteiger partial charge on any atom is -0.378 e. The van der Waals surface area contributed by atoms with Crippen molar-refractivity contribution in [1.29, 1.82) is 0 Å². The highest BCUT2D eigenvalue weighted by Crippen LogP contribution is 2.37. The lowest BCUT2D eigenvalue weighted by molar-refractivity contribution is -0.132. The lowest BCUT2D eigenvalue weighted by Gasteiger charge is -2.20. The maximum absolute atomic E-state index is 12.2. The zero-order valence-corrected chi connectivity index (χ0v) is 14.4. The molecule has 1 aliphatic heterocycles. The molecule has 1 heterocycles. The van der Waals surface area contributed by atoms with Crippen LogP contribution in [-0.2, 0) is 9.53 Å². The largest absolute Gasteiger partial charge is 0.378 e. The van der Waals surface area contributed by atoms with Crippen LogP contribution in [0, 0.1) is 17.8 Å². The lowest BCUT2D eigenvalue weighted by atomic mass is 9.98. The van der Waals surface area contributed by atoms with Crippen LogP contribution < -0.4 is 5.73 Å². The van der Waals surface area contributed by atoms with Gasteiger partial charge in [-0.1, -0.05) is 13.8 Å². The van der Waals surface area contributed by atoms with Crippen molar-refractivity contribution in [2.45, 2.75) is 58.6 Å². The number of likely N-dealkylation sites (tertiary alicyclic amines) is 1. The number of ether oxygens (including phenoxy) is 1. The van der Waals surface area contributed by atoms with E-state index < -0.39 is 0 Å². The number of nitrogens with zero attached hydrogens (tertiary/aromatic N) is 1. The van der Waals surface area contributed by atoms with Gasteiger partial charge in [-0.05, 0) is 43.9 Å². The van der Waals surface area contributed by atoms with Crippen molar-refractivity contribution in [1.82, 2.24) is 4.90 Å². The molecule has 0 spiro atoms. The summed E-state index contributed by atoms with van der Waals surface area (Å²) in [6, 6.07) is 0.306. The summed E-state index contributed by atoms with van der Waals surface area (Å²) in [4.78, 5) is 14.2. The van der Waals surface area contributed by atoms with Gasteiger partial charge in [0.1, 0.15) is 0 Å². The van der Waals surface area contributed by atoms with Crippen molar-refractivity contribution in [2.75, 3.05) is 19.7 Å². The molecule has 0 radical (unpaired) electrons. The first-order valence-corrected chi connectivity index (χ1v) is 8.12. The van der Waals surface area contributed by atoms with E-state index in [9.17, 15) is 4.79 Å². The fourth-order valence-corrected chi connectivity index (χ4v) is 3.75. The van der Waals surface area contributed by atoms with E-state index in [2.05, 4.69) is 20.8 Å². The molecule has 0 aromatic carbocycles. The van der Waals surface area contributed by atoms with E-state index >= 15 is 0 Å². The Hall–Kier alpha value is -0.320. The van der Waals surface area contributed by atoms with Gasteiger partial charge in [-0.2, -0.15) is 0 Å². The van der Waals surface area contributed by atoms with Crippen LogP contribution in [0.1, 0.15) is 46.5 Å². The summed E-state index contributed by atoms with van der Waals surface area (Å²) in [6.07, 6.45) is 4.13. The van der Waals surface area contributed by atoms with Crippen molar-refractivity contribution < 1.29 is 9.53 Å². The maximum Gasteiger partial charge on any atom is 0.224 e. The average molecular weight is 319 g/mol. The van der Waals surface area contributed by atoms with Crippen LogP contribution in [0.4, 0.5) is 0 Å². The second-order valence-corrected chi connectivity index (χ2v) is 7.02. The van der Waals surface area contributed by atoms with Crippen molar-refractivity contribution in [3.05, 3.63) is 0 Å². The number of hydrogen-bond acceptors (Lipinski definition) is 3. The summed E-state index contributed by atoms with van der Waals surface area (Å²) in [6.45, 7) is 8.80. The summed E-state index contributed by atoms with van der Waals surface area (Å²) < 4.78 is 5.73. The first-order chi connectivity index (χ1) is 9.47. The Morgan fingerprint density at radius 3 is 2.62 bits per heavy atom. The Bertz CT molecular complexity index is 338. The molecule has 1 saturated heterocycles. The van der Waals surface area contributed by atoms with Gasteiger partial charge in [-0.25, -0.2) is 0 Å². The molecule has 4 atom stereocenters. The molecule has 4 nitrogen and oxygen atoms in total. The summed E-state index contributed by atoms with van der Waals surface area (Å²) in [5.41, 5.74) is 6.11. The molecule has 1 aliphatic carbocycles. The van der Waals surface area contributed by atoms with Gasteiger partial charge >= 0.3 is 0 Å². The number of amides is 1. The Balaban J connectivity index is 0.00000220.